The van der Waals surface area contributed by atoms with Crippen molar-refractivity contribution in [3.8, 4) is 17.0 Å². The van der Waals surface area contributed by atoms with Crippen molar-refractivity contribution >= 4 is 21.9 Å². The van der Waals surface area contributed by atoms with E-state index in [1.807, 2.05) is 38.1 Å². The summed E-state index contributed by atoms with van der Waals surface area (Å²) >= 11 is 0. The van der Waals surface area contributed by atoms with Gasteiger partial charge >= 0.3 is 10.2 Å². The van der Waals surface area contributed by atoms with Crippen molar-refractivity contribution in [2.75, 3.05) is 24.5 Å². The Bertz CT molecular complexity index is 1230. The molecule has 0 radical (unpaired) electrons. The monoisotopic (exact) mass is 515 g/mol. The molecule has 0 bridgehead atoms. The number of aromatic nitrogens is 1. The normalized spacial score (nSPS) is 22.2. The Morgan fingerprint density at radius 2 is 1.94 bits per heavy atom. The van der Waals surface area contributed by atoms with Crippen LogP contribution in [0.2, 0.25) is 0 Å². The van der Waals surface area contributed by atoms with Crippen LogP contribution < -0.4 is 20.1 Å². The zero-order valence-electron chi connectivity index (χ0n) is 21.7. The molecule has 1 aromatic heterocycles. The number of carbonyl (C=O) groups is 1. The average Bonchev–Trinajstić information content (AvgIpc) is 3.36. The van der Waals surface area contributed by atoms with Gasteiger partial charge in [0.25, 0.3) is 5.91 Å². The third kappa shape index (κ3) is 5.35. The van der Waals surface area contributed by atoms with Gasteiger partial charge in [-0.1, -0.05) is 19.1 Å². The third-order valence-electron chi connectivity index (χ3n) is 7.31. The van der Waals surface area contributed by atoms with Crippen molar-refractivity contribution < 1.29 is 17.9 Å². The number of amides is 1. The molecule has 2 saturated heterocycles. The van der Waals surface area contributed by atoms with E-state index in [9.17, 15) is 13.2 Å². The van der Waals surface area contributed by atoms with E-state index in [1.54, 1.807) is 12.1 Å². The van der Waals surface area contributed by atoms with Gasteiger partial charge in [-0.3, -0.25) is 4.79 Å². The van der Waals surface area contributed by atoms with Gasteiger partial charge in [0.1, 0.15) is 11.6 Å². The fourth-order valence-corrected chi connectivity index (χ4v) is 6.02. The molecular weight excluding hydrogens is 478 g/mol. The van der Waals surface area contributed by atoms with E-state index < -0.39 is 16.1 Å². The number of hydrogen-bond donors (Lipinski definition) is 2. The van der Waals surface area contributed by atoms with Crippen LogP contribution in [0, 0.1) is 5.92 Å². The van der Waals surface area contributed by atoms with Crippen LogP contribution in [0.1, 0.15) is 57.8 Å². The molecule has 3 N–H and O–H groups in total. The lowest BCUT2D eigenvalue weighted by Gasteiger charge is -2.36. The summed E-state index contributed by atoms with van der Waals surface area (Å²) in [5, 5.41) is 0. The number of rotatable bonds is 7. The van der Waals surface area contributed by atoms with Crippen molar-refractivity contribution in [3.63, 3.8) is 0 Å². The Hall–Kier alpha value is -2.69. The molecule has 0 aliphatic carbocycles. The van der Waals surface area contributed by atoms with E-state index in [-0.39, 0.29) is 29.8 Å². The highest BCUT2D eigenvalue weighted by Crippen LogP contribution is 2.39. The minimum absolute atomic E-state index is 0.0360. The number of pyridine rings is 1. The lowest BCUT2D eigenvalue weighted by atomic mass is 9.90. The summed E-state index contributed by atoms with van der Waals surface area (Å²) < 4.78 is 35.1. The van der Waals surface area contributed by atoms with Crippen molar-refractivity contribution in [1.29, 1.82) is 0 Å². The predicted octanol–water partition coefficient (Wildman–Crippen LogP) is 3.17. The Balaban J connectivity index is 1.72. The van der Waals surface area contributed by atoms with Crippen molar-refractivity contribution in [1.82, 2.24) is 14.0 Å². The number of nitrogens with one attached hydrogen (secondary N) is 1. The minimum Gasteiger partial charge on any atom is -0.491 e. The Kier molecular flexibility index (Phi) is 7.32. The Morgan fingerprint density at radius 3 is 2.56 bits per heavy atom. The first-order valence-corrected chi connectivity index (χ1v) is 14.0. The second-order valence-corrected chi connectivity index (χ2v) is 12.3. The number of anilines is 1. The number of nitrogens with zero attached hydrogens (tertiary/aromatic N) is 3. The van der Waals surface area contributed by atoms with Crippen LogP contribution in [0.25, 0.3) is 11.3 Å². The molecule has 2 fully saturated rings. The molecule has 4 rings (SSSR count). The molecule has 3 heterocycles. The van der Waals surface area contributed by atoms with Crippen molar-refractivity contribution in [3.05, 3.63) is 42.0 Å². The summed E-state index contributed by atoms with van der Waals surface area (Å²) in [6, 6.07) is 10.8. The van der Waals surface area contributed by atoms with E-state index in [1.165, 1.54) is 4.31 Å². The fourth-order valence-electron chi connectivity index (χ4n) is 4.81. The van der Waals surface area contributed by atoms with Crippen LogP contribution in [0.3, 0.4) is 0 Å². The number of benzene rings is 1. The van der Waals surface area contributed by atoms with Crippen molar-refractivity contribution in [2.45, 2.75) is 65.1 Å². The van der Waals surface area contributed by atoms with Gasteiger partial charge in [0, 0.05) is 36.8 Å². The molecule has 2 aromatic rings. The van der Waals surface area contributed by atoms with Gasteiger partial charge in [-0.05, 0) is 70.7 Å². The summed E-state index contributed by atoms with van der Waals surface area (Å²) in [4.78, 5) is 20.4. The second-order valence-electron chi connectivity index (χ2n) is 10.6. The summed E-state index contributed by atoms with van der Waals surface area (Å²) in [5.74, 6) is 0.883. The topological polar surface area (TPSA) is 118 Å². The molecule has 10 heteroatoms. The molecule has 2 atom stereocenters. The van der Waals surface area contributed by atoms with Gasteiger partial charge < -0.3 is 15.4 Å². The van der Waals surface area contributed by atoms with Gasteiger partial charge in [-0.15, -0.1) is 0 Å². The minimum atomic E-state index is -4.01. The molecular formula is C26H37N5O4S. The molecule has 9 nitrogen and oxygen atoms in total. The molecule has 1 aromatic carbocycles. The van der Waals surface area contributed by atoms with E-state index in [4.69, 9.17) is 15.5 Å². The zero-order chi connectivity index (χ0) is 26.3. The third-order valence-corrected chi connectivity index (χ3v) is 8.77. The molecule has 196 valence electrons. The number of nitrogens with two attached hydrogens (primary N) is 1. The average molecular weight is 516 g/mol. The van der Waals surface area contributed by atoms with Gasteiger partial charge in [-0.25, -0.2) is 9.71 Å². The summed E-state index contributed by atoms with van der Waals surface area (Å²) in [7, 11) is -4.01. The molecule has 0 saturated carbocycles. The maximum atomic E-state index is 13.4. The first kappa shape index (κ1) is 26.4. The van der Waals surface area contributed by atoms with E-state index in [2.05, 4.69) is 30.4 Å². The first-order chi connectivity index (χ1) is 16.9. The van der Waals surface area contributed by atoms with Gasteiger partial charge in [-0.2, -0.15) is 12.7 Å². The molecule has 2 aliphatic heterocycles. The number of ether oxygens (including phenoxy) is 1. The maximum Gasteiger partial charge on any atom is 0.304 e. The predicted molar refractivity (Wildman–Crippen MR) is 141 cm³/mol. The zero-order valence-corrected chi connectivity index (χ0v) is 22.5. The summed E-state index contributed by atoms with van der Waals surface area (Å²) in [6.07, 6.45) is 1.55. The maximum absolute atomic E-state index is 13.4. The summed E-state index contributed by atoms with van der Waals surface area (Å²) in [6.45, 7) is 11.6. The molecule has 0 spiro atoms. The standard InChI is InChI=1S/C26H37N5O4S/c1-17(2)35-21-8-6-7-19(15-21)23-10-9-22(24(28-23)31-14-11-18(3)26(31,4)5)25(32)29-36(33,34)30-13-12-20(27)16-30/h6-10,15,17-18,20H,11-14,16,27H2,1-5H3,(H,29,32)/t18?,20-/m0/s1. The lowest BCUT2D eigenvalue weighted by molar-refractivity contribution is 0.0979. The van der Waals surface area contributed by atoms with E-state index in [0.717, 1.165) is 24.3 Å². The largest absolute Gasteiger partial charge is 0.491 e. The molecule has 1 unspecified atom stereocenters. The van der Waals surface area contributed by atoms with E-state index >= 15 is 0 Å². The first-order valence-electron chi connectivity index (χ1n) is 12.5. The lowest BCUT2D eigenvalue weighted by Crippen LogP contribution is -2.45. The smallest absolute Gasteiger partial charge is 0.304 e. The van der Waals surface area contributed by atoms with Crippen LogP contribution >= 0.6 is 0 Å². The summed E-state index contributed by atoms with van der Waals surface area (Å²) in [5.41, 5.74) is 7.37. The van der Waals surface area contributed by atoms with Gasteiger partial charge in [0.05, 0.1) is 17.4 Å². The Labute approximate surface area is 214 Å². The van der Waals surface area contributed by atoms with Crippen LogP contribution in [-0.2, 0) is 10.2 Å². The molecule has 2 aliphatic rings. The fraction of sp³-hybridized carbons (Fsp3) is 0.538. The highest BCUT2D eigenvalue weighted by atomic mass is 32.2. The Morgan fingerprint density at radius 1 is 1.19 bits per heavy atom. The number of carbonyl (C=O) groups excluding carboxylic acids is 1. The second kappa shape index (κ2) is 9.99. The van der Waals surface area contributed by atoms with Gasteiger partial charge in [0.2, 0.25) is 0 Å². The highest BCUT2D eigenvalue weighted by Gasteiger charge is 2.41. The van der Waals surface area contributed by atoms with Crippen LogP contribution in [0.15, 0.2) is 36.4 Å². The highest BCUT2D eigenvalue weighted by molar-refractivity contribution is 7.87. The van der Waals surface area contributed by atoms with Crippen molar-refractivity contribution in [2.24, 2.45) is 11.7 Å². The molecule has 1 amide bonds. The van der Waals surface area contributed by atoms with Gasteiger partial charge in [0.15, 0.2) is 0 Å². The molecule has 36 heavy (non-hydrogen) atoms. The van der Waals surface area contributed by atoms with Crippen LogP contribution in [-0.4, -0.2) is 60.9 Å². The van der Waals surface area contributed by atoms with E-state index in [0.29, 0.717) is 30.4 Å². The SMILES string of the molecule is CC(C)Oc1cccc(-c2ccc(C(=O)NS(=O)(=O)N3CC[C@H](N)C3)c(N3CCC(C)C3(C)C)n2)c1. The van der Waals surface area contributed by atoms with Crippen LogP contribution in [0.5, 0.6) is 5.75 Å². The number of hydrogen-bond acceptors (Lipinski definition) is 7. The quantitative estimate of drug-likeness (QED) is 0.581. The van der Waals surface area contributed by atoms with Crippen LogP contribution in [0.4, 0.5) is 5.82 Å².